The fourth-order valence-electron chi connectivity index (χ4n) is 2.76. The Morgan fingerprint density at radius 1 is 0.590 bits per heavy atom. The second kappa shape index (κ2) is 12.8. The Kier molecular flexibility index (Phi) is 9.78. The number of benzene rings is 2. The van der Waals surface area contributed by atoms with E-state index in [1.807, 2.05) is 0 Å². The number of hydrogen-bond donors (Lipinski definition) is 5. The monoisotopic (exact) mass is 556 g/mol. The van der Waals surface area contributed by atoms with Crippen molar-refractivity contribution in [2.24, 2.45) is 0 Å². The molecule has 15 heteroatoms. The van der Waals surface area contributed by atoms with Crippen LogP contribution in [0.5, 0.6) is 0 Å². The molecule has 0 spiro atoms. The minimum atomic E-state index is -1.76. The van der Waals surface area contributed by atoms with E-state index in [-0.39, 0.29) is 17.0 Å². The van der Waals surface area contributed by atoms with E-state index in [0.717, 1.165) is 12.3 Å². The highest BCUT2D eigenvalue weighted by Gasteiger charge is 2.22. The van der Waals surface area contributed by atoms with Crippen molar-refractivity contribution in [1.82, 2.24) is 9.97 Å². The molecule has 2 aromatic heterocycles. The predicted octanol–water partition coefficient (Wildman–Crippen LogP) is 4.88. The number of hydrogen-bond acceptors (Lipinski definition) is 4. The summed E-state index contributed by atoms with van der Waals surface area (Å²) >= 11 is 0. The average Bonchev–Trinajstić information content (AvgIpc) is 3.51. The van der Waals surface area contributed by atoms with Crippen LogP contribution in [0.4, 0.5) is 26.3 Å². The first-order valence-corrected chi connectivity index (χ1v) is 10.1. The summed E-state index contributed by atoms with van der Waals surface area (Å²) in [5.74, 6) is -12.9. The highest BCUT2D eigenvalue weighted by atomic mass is 19.2. The number of aromatic nitrogens is 2. The number of carboxylic acids is 3. The molecule has 2 heterocycles. The van der Waals surface area contributed by atoms with Crippen LogP contribution in [-0.2, 0) is 0 Å². The number of halogens is 6. The zero-order valence-corrected chi connectivity index (χ0v) is 18.9. The maximum Gasteiger partial charge on any atom is 0.352 e. The molecule has 0 aliphatic heterocycles. The second-order valence-corrected chi connectivity index (χ2v) is 7.12. The van der Waals surface area contributed by atoms with Crippen LogP contribution in [0.1, 0.15) is 47.3 Å². The zero-order valence-electron chi connectivity index (χ0n) is 18.9. The SMILES string of the molecule is O=C(O)c1c(F)cc(F)cc1F.O=C(O)c1cc(C(=O)c2c(F)cc(F)cc2F)c[nH]1.O=C(O)c1ccc[nH]1. The predicted molar refractivity (Wildman–Crippen MR) is 119 cm³/mol. The first-order valence-electron chi connectivity index (χ1n) is 10.1. The van der Waals surface area contributed by atoms with E-state index in [1.54, 1.807) is 12.3 Å². The molecule has 5 N–H and O–H groups in total. The van der Waals surface area contributed by atoms with Crippen molar-refractivity contribution in [3.8, 4) is 0 Å². The van der Waals surface area contributed by atoms with Gasteiger partial charge in [0.2, 0.25) is 0 Å². The van der Waals surface area contributed by atoms with Crippen LogP contribution in [0, 0.1) is 34.9 Å². The number of carbonyl (C=O) groups excluding carboxylic acids is 1. The van der Waals surface area contributed by atoms with Crippen molar-refractivity contribution >= 4 is 23.7 Å². The number of H-pyrrole nitrogens is 2. The smallest absolute Gasteiger partial charge is 0.352 e. The van der Waals surface area contributed by atoms with E-state index >= 15 is 0 Å². The molecule has 0 aliphatic carbocycles. The number of ketones is 1. The summed E-state index contributed by atoms with van der Waals surface area (Å²) in [6, 6.07) is 5.46. The largest absolute Gasteiger partial charge is 0.477 e. The molecule has 9 nitrogen and oxygen atoms in total. The number of nitrogens with one attached hydrogen (secondary N) is 2. The summed E-state index contributed by atoms with van der Waals surface area (Å²) in [6.45, 7) is 0. The van der Waals surface area contributed by atoms with Crippen LogP contribution in [-0.4, -0.2) is 49.0 Å². The molecule has 2 aromatic carbocycles. The van der Waals surface area contributed by atoms with Crippen LogP contribution >= 0.6 is 0 Å². The van der Waals surface area contributed by atoms with E-state index in [9.17, 15) is 45.5 Å². The van der Waals surface area contributed by atoms with Crippen molar-refractivity contribution in [1.29, 1.82) is 0 Å². The normalized spacial score (nSPS) is 10.0. The van der Waals surface area contributed by atoms with Gasteiger partial charge < -0.3 is 25.3 Å². The molecule has 0 unspecified atom stereocenters. The third-order valence-electron chi connectivity index (χ3n) is 4.46. The summed E-state index contributed by atoms with van der Waals surface area (Å²) in [5, 5.41) is 25.1. The third kappa shape index (κ3) is 7.82. The lowest BCUT2D eigenvalue weighted by Crippen LogP contribution is -2.07. The van der Waals surface area contributed by atoms with Gasteiger partial charge in [0.05, 0.1) is 5.56 Å². The molecule has 0 radical (unpaired) electrons. The molecule has 0 atom stereocenters. The van der Waals surface area contributed by atoms with Gasteiger partial charge in [0.15, 0.2) is 5.78 Å². The molecule has 4 aromatic rings. The molecular weight excluding hydrogens is 542 g/mol. The Labute approximate surface area is 213 Å². The highest BCUT2D eigenvalue weighted by Crippen LogP contribution is 2.19. The Balaban J connectivity index is 0.000000227. The zero-order chi connectivity index (χ0) is 29.4. The van der Waals surface area contributed by atoms with Crippen LogP contribution < -0.4 is 0 Å². The van der Waals surface area contributed by atoms with Gasteiger partial charge in [0, 0.05) is 42.2 Å². The molecule has 0 aliphatic rings. The maximum atomic E-state index is 13.4. The van der Waals surface area contributed by atoms with Gasteiger partial charge in [-0.1, -0.05) is 0 Å². The Morgan fingerprint density at radius 2 is 1.05 bits per heavy atom. The fraction of sp³-hybridized carbons (Fsp3) is 0. The minimum absolute atomic E-state index is 0.227. The lowest BCUT2D eigenvalue weighted by atomic mass is 10.0. The second-order valence-electron chi connectivity index (χ2n) is 7.12. The average molecular weight is 556 g/mol. The van der Waals surface area contributed by atoms with Crippen LogP contribution in [0.3, 0.4) is 0 Å². The standard InChI is InChI=1S/C12H6F3NO3.C7H3F3O2.C5H5NO2/c13-6-2-7(14)10(8(15)3-6)11(17)5-1-9(12(18)19)16-4-5;8-3-1-4(9)6(7(11)12)5(10)2-3;7-5(8)4-2-1-3-6-4/h1-4,16H,(H,18,19);1-2H,(H,11,12);1-3,6H,(H,7,8). The van der Waals surface area contributed by atoms with E-state index in [2.05, 4.69) is 9.97 Å². The van der Waals surface area contributed by atoms with Crippen molar-refractivity contribution in [3.63, 3.8) is 0 Å². The first kappa shape index (κ1) is 29.9. The summed E-state index contributed by atoms with van der Waals surface area (Å²) in [4.78, 5) is 47.4. The van der Waals surface area contributed by atoms with Crippen LogP contribution in [0.15, 0.2) is 54.9 Å². The van der Waals surface area contributed by atoms with Crippen LogP contribution in [0.2, 0.25) is 0 Å². The van der Waals surface area contributed by atoms with Gasteiger partial charge in [-0.15, -0.1) is 0 Å². The molecular formula is C24H14F6N2O7. The topological polar surface area (TPSA) is 161 Å². The Hall–Kier alpha value is -5.34. The lowest BCUT2D eigenvalue weighted by Gasteiger charge is -2.02. The van der Waals surface area contributed by atoms with Gasteiger partial charge in [0.1, 0.15) is 51.9 Å². The first-order chi connectivity index (χ1) is 18.2. The molecule has 4 rings (SSSR count). The van der Waals surface area contributed by atoms with E-state index in [4.69, 9.17) is 15.3 Å². The van der Waals surface area contributed by atoms with Gasteiger partial charge in [0.25, 0.3) is 0 Å². The number of aromatic amines is 2. The van der Waals surface area contributed by atoms with E-state index in [0.29, 0.717) is 24.3 Å². The number of aromatic carboxylic acids is 3. The number of carboxylic acid groups (broad SMARTS) is 3. The summed E-state index contributed by atoms with van der Waals surface area (Å²) in [7, 11) is 0. The van der Waals surface area contributed by atoms with Crippen molar-refractivity contribution < 1.29 is 60.8 Å². The molecule has 0 saturated carbocycles. The Bertz CT molecular complexity index is 1490. The van der Waals surface area contributed by atoms with E-state index in [1.165, 1.54) is 6.07 Å². The summed E-state index contributed by atoms with van der Waals surface area (Å²) in [5.41, 5.74) is -2.38. The van der Waals surface area contributed by atoms with E-state index < -0.39 is 69.7 Å². The third-order valence-corrected chi connectivity index (χ3v) is 4.46. The molecule has 0 fully saturated rings. The van der Waals surface area contributed by atoms with Crippen molar-refractivity contribution in [2.75, 3.05) is 0 Å². The van der Waals surface area contributed by atoms with Crippen LogP contribution in [0.25, 0.3) is 0 Å². The quantitative estimate of drug-likeness (QED) is 0.173. The van der Waals surface area contributed by atoms with Crippen molar-refractivity contribution in [3.05, 3.63) is 118 Å². The van der Waals surface area contributed by atoms with Gasteiger partial charge in [-0.3, -0.25) is 4.79 Å². The molecule has 204 valence electrons. The van der Waals surface area contributed by atoms with Gasteiger partial charge >= 0.3 is 17.9 Å². The molecule has 0 amide bonds. The van der Waals surface area contributed by atoms with Gasteiger partial charge in [-0.05, 0) is 18.2 Å². The minimum Gasteiger partial charge on any atom is -0.477 e. The summed E-state index contributed by atoms with van der Waals surface area (Å²) < 4.78 is 76.7. The van der Waals surface area contributed by atoms with Crippen molar-refractivity contribution in [2.45, 2.75) is 0 Å². The number of rotatable bonds is 5. The lowest BCUT2D eigenvalue weighted by molar-refractivity contribution is 0.0676. The highest BCUT2D eigenvalue weighted by molar-refractivity contribution is 6.10. The summed E-state index contributed by atoms with van der Waals surface area (Å²) in [6.07, 6.45) is 2.58. The molecule has 0 saturated heterocycles. The number of carbonyl (C=O) groups is 4. The van der Waals surface area contributed by atoms with Gasteiger partial charge in [-0.2, -0.15) is 0 Å². The fourth-order valence-corrected chi connectivity index (χ4v) is 2.76. The Morgan fingerprint density at radius 3 is 1.38 bits per heavy atom. The molecule has 39 heavy (non-hydrogen) atoms. The van der Waals surface area contributed by atoms with Gasteiger partial charge in [-0.25, -0.2) is 40.7 Å². The maximum absolute atomic E-state index is 13.4. The molecule has 0 bridgehead atoms.